The highest BCUT2D eigenvalue weighted by molar-refractivity contribution is 5.79. The molecule has 4 nitrogen and oxygen atoms in total. The number of hydrogen-bond acceptors (Lipinski definition) is 4. The molecule has 2 aromatic carbocycles. The van der Waals surface area contributed by atoms with Crippen molar-refractivity contribution < 1.29 is 19.1 Å². The summed E-state index contributed by atoms with van der Waals surface area (Å²) in [7, 11) is 0. The van der Waals surface area contributed by atoms with E-state index in [1.807, 2.05) is 24.3 Å². The van der Waals surface area contributed by atoms with Gasteiger partial charge in [-0.3, -0.25) is 9.59 Å². The largest absolute Gasteiger partial charge is 0.462 e. The first-order valence-corrected chi connectivity index (χ1v) is 24.3. The maximum absolute atomic E-state index is 13.0. The van der Waals surface area contributed by atoms with E-state index in [1.165, 1.54) is 119 Å². The summed E-state index contributed by atoms with van der Waals surface area (Å²) < 4.78 is 11.7. The van der Waals surface area contributed by atoms with Gasteiger partial charge in [-0.1, -0.05) is 135 Å². The molecular weight excluding hydrogens is 713 g/mol. The summed E-state index contributed by atoms with van der Waals surface area (Å²) in [4.78, 5) is 25.8. The average Bonchev–Trinajstić information content (AvgIpc) is 3.58. The third-order valence-corrected chi connectivity index (χ3v) is 17.0. The van der Waals surface area contributed by atoms with Crippen LogP contribution in [-0.2, 0) is 14.3 Å². The second-order valence-electron chi connectivity index (χ2n) is 21.0. The van der Waals surface area contributed by atoms with Crippen LogP contribution in [0.1, 0.15) is 188 Å². The lowest BCUT2D eigenvalue weighted by molar-refractivity contribution is -0.153. The Bertz CT molecular complexity index is 1680. The average molecular weight is 791 g/mol. The standard InChI is InChI=1S/C54H78O4/c1-7-8-9-13-39-14-16-40(17-15-39)41-18-20-42(21-19-41)43-22-25-45(26-23-43)57-51(55)30-31-52(56)58-46-32-34-53(5)44(36-46)24-27-47-49-29-28-48(38(4)12-10-11-37(2)3)54(49,6)35-33-50(47)53/h18-26,37-40,46-50H,7-17,27-36H2,1-6H3/t38?,39?,40?,46-,47?,48+,49?,50?,53-,54+/m0/s1. The van der Waals surface area contributed by atoms with E-state index in [2.05, 4.69) is 71.9 Å². The molecule has 0 spiro atoms. The fourth-order valence-electron chi connectivity index (χ4n) is 13.5. The minimum Gasteiger partial charge on any atom is -0.462 e. The van der Waals surface area contributed by atoms with Gasteiger partial charge in [0.1, 0.15) is 11.9 Å². The second-order valence-corrected chi connectivity index (χ2v) is 21.0. The van der Waals surface area contributed by atoms with Gasteiger partial charge in [-0.05, 0) is 158 Å². The molecule has 0 bridgehead atoms. The highest BCUT2D eigenvalue weighted by Crippen LogP contribution is 2.67. The van der Waals surface area contributed by atoms with Gasteiger partial charge in [0.2, 0.25) is 0 Å². The van der Waals surface area contributed by atoms with Crippen molar-refractivity contribution in [1.29, 1.82) is 0 Å². The molecule has 0 saturated heterocycles. The van der Waals surface area contributed by atoms with E-state index in [1.54, 1.807) is 0 Å². The van der Waals surface area contributed by atoms with E-state index >= 15 is 0 Å². The predicted molar refractivity (Wildman–Crippen MR) is 239 cm³/mol. The Labute approximate surface area is 353 Å². The molecule has 5 aliphatic rings. The van der Waals surface area contributed by atoms with E-state index in [-0.39, 0.29) is 30.3 Å². The first kappa shape index (κ1) is 43.2. The number of carbonyl (C=O) groups excluding carboxylic acids is 2. The van der Waals surface area contributed by atoms with Gasteiger partial charge in [-0.25, -0.2) is 0 Å². The van der Waals surface area contributed by atoms with Crippen molar-refractivity contribution in [1.82, 2.24) is 0 Å². The van der Waals surface area contributed by atoms with E-state index in [0.29, 0.717) is 17.1 Å². The van der Waals surface area contributed by atoms with Crippen LogP contribution in [-0.4, -0.2) is 18.0 Å². The molecule has 5 aliphatic carbocycles. The number of ether oxygens (including phenoxy) is 2. The number of carbonyl (C=O) groups is 2. The van der Waals surface area contributed by atoms with Gasteiger partial charge in [0, 0.05) is 6.42 Å². The molecule has 4 heteroatoms. The summed E-state index contributed by atoms with van der Waals surface area (Å²) in [6.07, 6.45) is 27.2. The number of fused-ring (bicyclic) bond motifs is 5. The Morgan fingerprint density at radius 1 is 0.741 bits per heavy atom. The van der Waals surface area contributed by atoms with Gasteiger partial charge in [0.25, 0.3) is 0 Å². The highest BCUT2D eigenvalue weighted by atomic mass is 16.5. The van der Waals surface area contributed by atoms with E-state index in [4.69, 9.17) is 9.47 Å². The number of rotatable bonds is 16. The summed E-state index contributed by atoms with van der Waals surface area (Å²) in [6, 6.07) is 16.8. The van der Waals surface area contributed by atoms with Gasteiger partial charge in [0.15, 0.2) is 0 Å². The normalized spacial score (nSPS) is 32.4. The molecule has 58 heavy (non-hydrogen) atoms. The highest BCUT2D eigenvalue weighted by Gasteiger charge is 2.59. The van der Waals surface area contributed by atoms with Crippen LogP contribution in [0, 0.1) is 52.3 Å². The fraction of sp³-hybridized carbons (Fsp3) is 0.704. The topological polar surface area (TPSA) is 52.6 Å². The predicted octanol–water partition coefficient (Wildman–Crippen LogP) is 14.8. The Morgan fingerprint density at radius 2 is 1.45 bits per heavy atom. The molecule has 0 amide bonds. The Balaban J connectivity index is 0.838. The van der Waals surface area contributed by atoms with Crippen LogP contribution >= 0.6 is 0 Å². The molecular formula is C54H78O4. The van der Waals surface area contributed by atoms with Gasteiger partial charge in [-0.2, -0.15) is 0 Å². The zero-order valence-electron chi connectivity index (χ0n) is 37.4. The van der Waals surface area contributed by atoms with Gasteiger partial charge in [-0.15, -0.1) is 0 Å². The second kappa shape index (κ2) is 19.2. The van der Waals surface area contributed by atoms with Crippen molar-refractivity contribution in [3.05, 3.63) is 65.7 Å². The van der Waals surface area contributed by atoms with Crippen LogP contribution < -0.4 is 4.74 Å². The monoisotopic (exact) mass is 791 g/mol. The van der Waals surface area contributed by atoms with E-state index in [0.717, 1.165) is 66.3 Å². The van der Waals surface area contributed by atoms with Crippen LogP contribution in [0.5, 0.6) is 5.75 Å². The summed E-state index contributed by atoms with van der Waals surface area (Å²) in [5.41, 5.74) is 6.00. The SMILES string of the molecule is CCCCCC1CCC(c2ccc(-c3ccc(OC(=O)CCC(=O)O[C@H]4CC[C@@]5(C)C(=CCC6C5CC[C@@]5(C)C6CC[C@@H]5C(C)CCCC(C)C)C4)cc3)cc2)CC1. The number of benzene rings is 2. The van der Waals surface area contributed by atoms with Crippen LogP contribution in [0.25, 0.3) is 11.1 Å². The van der Waals surface area contributed by atoms with Crippen molar-refractivity contribution in [2.45, 2.75) is 188 Å². The first-order valence-electron chi connectivity index (χ1n) is 24.3. The summed E-state index contributed by atoms with van der Waals surface area (Å²) in [5, 5.41) is 0. The quantitative estimate of drug-likeness (QED) is 0.0735. The Morgan fingerprint density at radius 3 is 2.16 bits per heavy atom. The molecule has 4 fully saturated rings. The van der Waals surface area contributed by atoms with Crippen LogP contribution in [0.15, 0.2) is 60.2 Å². The van der Waals surface area contributed by atoms with Crippen molar-refractivity contribution in [3.63, 3.8) is 0 Å². The van der Waals surface area contributed by atoms with Gasteiger partial charge in [0.05, 0.1) is 12.8 Å². The lowest BCUT2D eigenvalue weighted by Crippen LogP contribution is -2.51. The molecule has 8 atom stereocenters. The molecule has 7 rings (SSSR count). The van der Waals surface area contributed by atoms with Crippen LogP contribution in [0.2, 0.25) is 0 Å². The molecule has 4 unspecified atom stereocenters. The Hall–Kier alpha value is -2.88. The number of esters is 2. The summed E-state index contributed by atoms with van der Waals surface area (Å²) in [6.45, 7) is 14.8. The van der Waals surface area contributed by atoms with Crippen LogP contribution in [0.3, 0.4) is 0 Å². The molecule has 318 valence electrons. The molecule has 0 aromatic heterocycles. The molecule has 4 saturated carbocycles. The first-order chi connectivity index (χ1) is 28.0. The lowest BCUT2D eigenvalue weighted by Gasteiger charge is -2.58. The third kappa shape index (κ3) is 9.84. The summed E-state index contributed by atoms with van der Waals surface area (Å²) >= 11 is 0. The smallest absolute Gasteiger partial charge is 0.311 e. The maximum atomic E-state index is 13.0. The minimum atomic E-state index is -0.394. The minimum absolute atomic E-state index is 0.0249. The molecule has 0 aliphatic heterocycles. The zero-order valence-corrected chi connectivity index (χ0v) is 37.4. The van der Waals surface area contributed by atoms with Crippen LogP contribution in [0.4, 0.5) is 0 Å². The van der Waals surface area contributed by atoms with E-state index in [9.17, 15) is 9.59 Å². The summed E-state index contributed by atoms with van der Waals surface area (Å²) in [5.74, 6) is 6.37. The zero-order chi connectivity index (χ0) is 40.9. The maximum Gasteiger partial charge on any atom is 0.311 e. The van der Waals surface area contributed by atoms with E-state index < -0.39 is 5.97 Å². The van der Waals surface area contributed by atoms with Gasteiger partial charge >= 0.3 is 11.9 Å². The number of unbranched alkanes of at least 4 members (excludes halogenated alkanes) is 2. The molecule has 2 aromatic rings. The fourth-order valence-corrected chi connectivity index (χ4v) is 13.5. The third-order valence-electron chi connectivity index (χ3n) is 17.0. The van der Waals surface area contributed by atoms with Gasteiger partial charge < -0.3 is 9.47 Å². The number of hydrogen-bond donors (Lipinski definition) is 0. The number of allylic oxidation sites excluding steroid dienone is 1. The van der Waals surface area contributed by atoms with Crippen molar-refractivity contribution >= 4 is 11.9 Å². The molecule has 0 radical (unpaired) electrons. The van der Waals surface area contributed by atoms with Crippen molar-refractivity contribution in [3.8, 4) is 16.9 Å². The Kier molecular flexibility index (Phi) is 14.3. The molecule has 0 heterocycles. The lowest BCUT2D eigenvalue weighted by atomic mass is 9.47. The van der Waals surface area contributed by atoms with Crippen molar-refractivity contribution in [2.75, 3.05) is 0 Å². The van der Waals surface area contributed by atoms with Crippen molar-refractivity contribution in [2.24, 2.45) is 52.3 Å². The molecule has 0 N–H and O–H groups in total.